The van der Waals surface area contributed by atoms with Crippen LogP contribution in [0.15, 0.2) is 48.5 Å². The fourth-order valence-electron chi connectivity index (χ4n) is 1.94. The van der Waals surface area contributed by atoms with Gasteiger partial charge in [-0.25, -0.2) is 4.79 Å². The number of para-hydroxylation sites is 1. The molecule has 3 rings (SSSR count). The van der Waals surface area contributed by atoms with Crippen LogP contribution in [0.3, 0.4) is 0 Å². The highest BCUT2D eigenvalue weighted by Crippen LogP contribution is 2.34. The highest BCUT2D eigenvalue weighted by molar-refractivity contribution is 6.25. The summed E-state index contributed by atoms with van der Waals surface area (Å²) in [6.45, 7) is 0. The highest BCUT2D eigenvalue weighted by atomic mass is 16.5. The summed E-state index contributed by atoms with van der Waals surface area (Å²) in [6, 6.07) is 14.8. The van der Waals surface area contributed by atoms with Crippen LogP contribution in [-0.2, 0) is 4.79 Å². The van der Waals surface area contributed by atoms with Crippen molar-refractivity contribution in [2.24, 2.45) is 0 Å². The van der Waals surface area contributed by atoms with E-state index in [2.05, 4.69) is 0 Å². The average molecular weight is 237 g/mol. The zero-order valence-electron chi connectivity index (χ0n) is 9.59. The Hall–Kier alpha value is -2.55. The Balaban J connectivity index is 2.07. The molecular formula is C15H11NO2. The van der Waals surface area contributed by atoms with Gasteiger partial charge in [-0.1, -0.05) is 30.3 Å². The fourth-order valence-corrected chi connectivity index (χ4v) is 1.94. The summed E-state index contributed by atoms with van der Waals surface area (Å²) in [5, 5.41) is 0. The first-order valence-electron chi connectivity index (χ1n) is 5.63. The van der Waals surface area contributed by atoms with Crippen LogP contribution in [0.4, 0.5) is 5.69 Å². The van der Waals surface area contributed by atoms with Gasteiger partial charge in [-0.05, 0) is 29.8 Å². The predicted molar refractivity (Wildman–Crippen MR) is 70.8 cm³/mol. The maximum Gasteiger partial charge on any atom is 0.344 e. The summed E-state index contributed by atoms with van der Waals surface area (Å²) >= 11 is 0. The number of nitrogens with two attached hydrogens (primary N) is 1. The molecule has 18 heavy (non-hydrogen) atoms. The van der Waals surface area contributed by atoms with E-state index in [9.17, 15) is 4.79 Å². The maximum atomic E-state index is 11.8. The van der Waals surface area contributed by atoms with E-state index in [0.29, 0.717) is 17.0 Å². The van der Waals surface area contributed by atoms with Gasteiger partial charge in [-0.3, -0.25) is 0 Å². The molecule has 1 heterocycles. The van der Waals surface area contributed by atoms with Gasteiger partial charge in [0.15, 0.2) is 0 Å². The quantitative estimate of drug-likeness (QED) is 0.359. The van der Waals surface area contributed by atoms with Crippen molar-refractivity contribution >= 4 is 23.3 Å². The summed E-state index contributed by atoms with van der Waals surface area (Å²) in [5.41, 5.74) is 8.66. The van der Waals surface area contributed by atoms with Gasteiger partial charge in [-0.15, -0.1) is 0 Å². The summed E-state index contributed by atoms with van der Waals surface area (Å²) < 4.78 is 5.18. The van der Waals surface area contributed by atoms with E-state index in [1.54, 1.807) is 18.2 Å². The van der Waals surface area contributed by atoms with Gasteiger partial charge in [0.1, 0.15) is 5.75 Å². The van der Waals surface area contributed by atoms with Crippen LogP contribution < -0.4 is 10.5 Å². The van der Waals surface area contributed by atoms with Crippen LogP contribution in [0.2, 0.25) is 0 Å². The lowest BCUT2D eigenvalue weighted by atomic mass is 10.0. The highest BCUT2D eigenvalue weighted by Gasteiger charge is 2.25. The van der Waals surface area contributed by atoms with E-state index >= 15 is 0 Å². The monoisotopic (exact) mass is 237 g/mol. The molecule has 0 atom stereocenters. The smallest absolute Gasteiger partial charge is 0.344 e. The number of hydrogen-bond donors (Lipinski definition) is 1. The molecule has 0 amide bonds. The van der Waals surface area contributed by atoms with Crippen LogP contribution in [-0.4, -0.2) is 5.97 Å². The molecule has 1 aliphatic heterocycles. The number of hydrogen-bond acceptors (Lipinski definition) is 3. The fraction of sp³-hybridized carbons (Fsp3) is 0. The number of nitrogen functional groups attached to an aromatic ring is 1. The SMILES string of the molecule is Nc1ccc(/C=C2\C(=O)Oc3ccccc32)cc1. The van der Waals surface area contributed by atoms with Crippen molar-refractivity contribution in [2.75, 3.05) is 5.73 Å². The standard InChI is InChI=1S/C15H11NO2/c16-11-7-5-10(6-8-11)9-13-12-3-1-2-4-14(12)18-15(13)17/h1-9H,16H2/b13-9-. The number of anilines is 1. The van der Waals surface area contributed by atoms with Gasteiger partial charge in [0.2, 0.25) is 0 Å². The molecule has 0 bridgehead atoms. The maximum absolute atomic E-state index is 11.8. The molecule has 0 saturated carbocycles. The molecule has 3 nitrogen and oxygen atoms in total. The van der Waals surface area contributed by atoms with Crippen molar-refractivity contribution in [2.45, 2.75) is 0 Å². The second-order valence-electron chi connectivity index (χ2n) is 4.11. The molecule has 2 aromatic carbocycles. The summed E-state index contributed by atoms with van der Waals surface area (Å²) in [4.78, 5) is 11.8. The van der Waals surface area contributed by atoms with Crippen LogP contribution in [0.5, 0.6) is 5.75 Å². The van der Waals surface area contributed by atoms with Gasteiger partial charge in [0.25, 0.3) is 0 Å². The minimum atomic E-state index is -0.312. The van der Waals surface area contributed by atoms with Crippen molar-refractivity contribution in [1.29, 1.82) is 0 Å². The third-order valence-electron chi connectivity index (χ3n) is 2.85. The summed E-state index contributed by atoms with van der Waals surface area (Å²) in [6.07, 6.45) is 1.81. The molecule has 88 valence electrons. The van der Waals surface area contributed by atoms with E-state index in [0.717, 1.165) is 11.1 Å². The Labute approximate surface area is 105 Å². The Kier molecular flexibility index (Phi) is 2.38. The second-order valence-corrected chi connectivity index (χ2v) is 4.11. The molecule has 0 aromatic heterocycles. The molecule has 2 aromatic rings. The number of carbonyl (C=O) groups excluding carboxylic acids is 1. The molecular weight excluding hydrogens is 226 g/mol. The van der Waals surface area contributed by atoms with Crippen molar-refractivity contribution in [3.63, 3.8) is 0 Å². The van der Waals surface area contributed by atoms with E-state index in [1.165, 1.54) is 0 Å². The first-order valence-corrected chi connectivity index (χ1v) is 5.63. The largest absolute Gasteiger partial charge is 0.422 e. The molecule has 3 heteroatoms. The predicted octanol–water partition coefficient (Wildman–Crippen LogP) is 2.73. The summed E-state index contributed by atoms with van der Waals surface area (Å²) in [5.74, 6) is 0.303. The molecule has 0 aliphatic carbocycles. The number of ether oxygens (including phenoxy) is 1. The number of esters is 1. The van der Waals surface area contributed by atoms with Crippen LogP contribution in [0.25, 0.3) is 11.6 Å². The van der Waals surface area contributed by atoms with E-state index in [4.69, 9.17) is 10.5 Å². The van der Waals surface area contributed by atoms with Gasteiger partial charge in [-0.2, -0.15) is 0 Å². The van der Waals surface area contributed by atoms with E-state index in [1.807, 2.05) is 36.4 Å². The lowest BCUT2D eigenvalue weighted by Gasteiger charge is -1.97. The molecule has 0 radical (unpaired) electrons. The molecule has 2 N–H and O–H groups in total. The normalized spacial score (nSPS) is 15.6. The minimum Gasteiger partial charge on any atom is -0.422 e. The van der Waals surface area contributed by atoms with Gasteiger partial charge in [0, 0.05) is 11.3 Å². The number of rotatable bonds is 1. The Morgan fingerprint density at radius 3 is 2.50 bits per heavy atom. The Morgan fingerprint density at radius 2 is 1.72 bits per heavy atom. The average Bonchev–Trinajstić information content (AvgIpc) is 2.69. The molecule has 0 fully saturated rings. The number of benzene rings is 2. The van der Waals surface area contributed by atoms with Crippen molar-refractivity contribution in [3.05, 3.63) is 59.7 Å². The molecule has 0 spiro atoms. The van der Waals surface area contributed by atoms with E-state index in [-0.39, 0.29) is 5.97 Å². The second kappa shape index (κ2) is 4.04. The lowest BCUT2D eigenvalue weighted by molar-refractivity contribution is -0.126. The van der Waals surface area contributed by atoms with Gasteiger partial charge >= 0.3 is 5.97 Å². The molecule has 0 unspecified atom stereocenters. The van der Waals surface area contributed by atoms with Crippen molar-refractivity contribution in [3.8, 4) is 5.75 Å². The zero-order chi connectivity index (χ0) is 12.5. The van der Waals surface area contributed by atoms with Crippen LogP contribution in [0.1, 0.15) is 11.1 Å². The van der Waals surface area contributed by atoms with Crippen molar-refractivity contribution < 1.29 is 9.53 Å². The number of carbonyl (C=O) groups is 1. The topological polar surface area (TPSA) is 52.3 Å². The Bertz CT molecular complexity index is 642. The number of fused-ring (bicyclic) bond motifs is 1. The molecule has 0 saturated heterocycles. The summed E-state index contributed by atoms with van der Waals surface area (Å²) in [7, 11) is 0. The zero-order valence-corrected chi connectivity index (χ0v) is 9.59. The third kappa shape index (κ3) is 1.76. The first kappa shape index (κ1) is 10.6. The van der Waals surface area contributed by atoms with Gasteiger partial charge < -0.3 is 10.5 Å². The van der Waals surface area contributed by atoms with E-state index < -0.39 is 0 Å². The Morgan fingerprint density at radius 1 is 1.00 bits per heavy atom. The minimum absolute atomic E-state index is 0.312. The van der Waals surface area contributed by atoms with Crippen molar-refractivity contribution in [1.82, 2.24) is 0 Å². The molecule has 1 aliphatic rings. The van der Waals surface area contributed by atoms with Crippen LogP contribution >= 0.6 is 0 Å². The van der Waals surface area contributed by atoms with Crippen LogP contribution in [0, 0.1) is 0 Å². The lowest BCUT2D eigenvalue weighted by Crippen LogP contribution is -2.00. The third-order valence-corrected chi connectivity index (χ3v) is 2.85. The first-order chi connectivity index (χ1) is 8.74. The van der Waals surface area contributed by atoms with Gasteiger partial charge in [0.05, 0.1) is 5.57 Å².